The molecule has 116 valence electrons. The van der Waals surface area contributed by atoms with E-state index in [1.807, 2.05) is 24.3 Å². The molecule has 2 aromatic carbocycles. The molecule has 3 rings (SSSR count). The first-order valence-corrected chi connectivity index (χ1v) is 7.44. The van der Waals surface area contributed by atoms with Crippen LogP contribution in [0.15, 0.2) is 36.4 Å². The lowest BCUT2D eigenvalue weighted by Crippen LogP contribution is -2.30. The van der Waals surface area contributed by atoms with E-state index in [4.69, 9.17) is 9.47 Å². The Kier molecular flexibility index (Phi) is 4.20. The molecule has 1 N–H and O–H groups in total. The maximum Gasteiger partial charge on any atom is 0.165 e. The quantitative estimate of drug-likeness (QED) is 0.942. The summed E-state index contributed by atoms with van der Waals surface area (Å²) in [5.41, 5.74) is 3.66. The zero-order valence-corrected chi connectivity index (χ0v) is 13.0. The van der Waals surface area contributed by atoms with E-state index >= 15 is 0 Å². The highest BCUT2D eigenvalue weighted by Crippen LogP contribution is 2.32. The lowest BCUT2D eigenvalue weighted by atomic mass is 9.99. The van der Waals surface area contributed by atoms with E-state index in [1.54, 1.807) is 20.3 Å². The fourth-order valence-electron chi connectivity index (χ4n) is 3.05. The molecular weight excluding hydrogens is 278 g/mol. The molecule has 0 atom stereocenters. The summed E-state index contributed by atoms with van der Waals surface area (Å²) in [6.45, 7) is 2.67. The Hall–Kier alpha value is -2.20. The number of benzene rings is 2. The van der Waals surface area contributed by atoms with Gasteiger partial charge in [0, 0.05) is 25.2 Å². The van der Waals surface area contributed by atoms with Crippen molar-refractivity contribution in [2.75, 3.05) is 20.8 Å². The van der Waals surface area contributed by atoms with Crippen molar-refractivity contribution in [3.8, 4) is 17.2 Å². The molecule has 2 aromatic rings. The number of aromatic hydroxyl groups is 1. The number of nitrogens with zero attached hydrogens (tertiary/aromatic N) is 1. The third kappa shape index (κ3) is 2.88. The zero-order valence-electron chi connectivity index (χ0n) is 13.0. The summed E-state index contributed by atoms with van der Waals surface area (Å²) < 4.78 is 10.9. The molecule has 1 aliphatic heterocycles. The highest BCUT2D eigenvalue weighted by atomic mass is 16.5. The predicted molar refractivity (Wildman–Crippen MR) is 85.5 cm³/mol. The molecule has 1 heterocycles. The number of ether oxygens (including phenoxy) is 2. The molecule has 1 aliphatic rings. The summed E-state index contributed by atoms with van der Waals surface area (Å²) in [7, 11) is 3.33. The lowest BCUT2D eigenvalue weighted by Gasteiger charge is -2.29. The highest BCUT2D eigenvalue weighted by molar-refractivity contribution is 5.46. The maximum atomic E-state index is 9.57. The van der Waals surface area contributed by atoms with E-state index in [0.29, 0.717) is 5.75 Å². The minimum atomic E-state index is 0.349. The summed E-state index contributed by atoms with van der Waals surface area (Å²) in [6.07, 6.45) is 0.954. The van der Waals surface area contributed by atoms with Crippen LogP contribution in [0.3, 0.4) is 0 Å². The van der Waals surface area contributed by atoms with Crippen LogP contribution >= 0.6 is 0 Å². The lowest BCUT2D eigenvalue weighted by molar-refractivity contribution is 0.240. The minimum absolute atomic E-state index is 0.349. The standard InChI is InChI=1S/C18H21NO3/c1-21-17-5-3-4-15(18(17)22-2)12-19-9-8-13-10-16(20)7-6-14(13)11-19/h3-7,10,20H,8-9,11-12H2,1-2H3. The largest absolute Gasteiger partial charge is 0.508 e. The van der Waals surface area contributed by atoms with Gasteiger partial charge in [-0.2, -0.15) is 0 Å². The van der Waals surface area contributed by atoms with Gasteiger partial charge in [-0.3, -0.25) is 4.90 Å². The first-order chi connectivity index (χ1) is 10.7. The average molecular weight is 299 g/mol. The number of hydrogen-bond acceptors (Lipinski definition) is 4. The van der Waals surface area contributed by atoms with Gasteiger partial charge in [0.15, 0.2) is 11.5 Å². The van der Waals surface area contributed by atoms with Crippen molar-refractivity contribution >= 4 is 0 Å². The number of rotatable bonds is 4. The van der Waals surface area contributed by atoms with Crippen molar-refractivity contribution in [1.82, 2.24) is 4.90 Å². The fraction of sp³-hybridized carbons (Fsp3) is 0.333. The Morgan fingerprint density at radius 2 is 1.95 bits per heavy atom. The topological polar surface area (TPSA) is 41.9 Å². The molecule has 0 spiro atoms. The van der Waals surface area contributed by atoms with Crippen molar-refractivity contribution in [2.24, 2.45) is 0 Å². The highest BCUT2D eigenvalue weighted by Gasteiger charge is 2.19. The van der Waals surface area contributed by atoms with Gasteiger partial charge < -0.3 is 14.6 Å². The SMILES string of the molecule is COc1cccc(CN2CCc3cc(O)ccc3C2)c1OC. The number of phenols is 1. The average Bonchev–Trinajstić information content (AvgIpc) is 2.54. The van der Waals surface area contributed by atoms with Gasteiger partial charge in [-0.1, -0.05) is 18.2 Å². The Morgan fingerprint density at radius 3 is 2.73 bits per heavy atom. The molecule has 4 nitrogen and oxygen atoms in total. The maximum absolute atomic E-state index is 9.57. The van der Waals surface area contributed by atoms with Gasteiger partial charge in [-0.05, 0) is 35.7 Å². The van der Waals surface area contributed by atoms with Gasteiger partial charge in [0.2, 0.25) is 0 Å². The number of phenolic OH excluding ortho intramolecular Hbond substituents is 1. The molecule has 0 saturated carbocycles. The van der Waals surface area contributed by atoms with Crippen LogP contribution in [0.2, 0.25) is 0 Å². The molecule has 0 radical (unpaired) electrons. The summed E-state index contributed by atoms with van der Waals surface area (Å²) in [4.78, 5) is 2.39. The summed E-state index contributed by atoms with van der Waals surface area (Å²) in [6, 6.07) is 11.6. The zero-order chi connectivity index (χ0) is 15.5. The van der Waals surface area contributed by atoms with Crippen LogP contribution in [0.25, 0.3) is 0 Å². The molecule has 0 unspecified atom stereocenters. The number of hydrogen-bond donors (Lipinski definition) is 1. The normalized spacial score (nSPS) is 14.5. The van der Waals surface area contributed by atoms with Crippen LogP contribution in [0.1, 0.15) is 16.7 Å². The second kappa shape index (κ2) is 6.28. The molecule has 0 bridgehead atoms. The van der Waals surface area contributed by atoms with E-state index in [1.165, 1.54) is 11.1 Å². The van der Waals surface area contributed by atoms with Crippen molar-refractivity contribution in [1.29, 1.82) is 0 Å². The van der Waals surface area contributed by atoms with Gasteiger partial charge in [-0.25, -0.2) is 0 Å². The number of para-hydroxylation sites is 1. The van der Waals surface area contributed by atoms with Crippen LogP contribution in [0.5, 0.6) is 17.2 Å². The predicted octanol–water partition coefficient (Wildman–Crippen LogP) is 2.97. The van der Waals surface area contributed by atoms with Crippen molar-refractivity contribution in [3.63, 3.8) is 0 Å². The van der Waals surface area contributed by atoms with Gasteiger partial charge in [0.1, 0.15) is 5.75 Å². The van der Waals surface area contributed by atoms with Gasteiger partial charge in [-0.15, -0.1) is 0 Å². The first-order valence-electron chi connectivity index (χ1n) is 7.44. The molecule has 22 heavy (non-hydrogen) atoms. The Bertz CT molecular complexity index is 669. The van der Waals surface area contributed by atoms with Crippen LogP contribution in [-0.2, 0) is 19.5 Å². The second-order valence-electron chi connectivity index (χ2n) is 5.57. The monoisotopic (exact) mass is 299 g/mol. The van der Waals surface area contributed by atoms with Crippen LogP contribution in [0, 0.1) is 0 Å². The van der Waals surface area contributed by atoms with Crippen molar-refractivity contribution < 1.29 is 14.6 Å². The van der Waals surface area contributed by atoms with Gasteiger partial charge >= 0.3 is 0 Å². The summed E-state index contributed by atoms with van der Waals surface area (Å²) >= 11 is 0. The van der Waals surface area contributed by atoms with E-state index in [0.717, 1.165) is 43.1 Å². The molecule has 0 fully saturated rings. The smallest absolute Gasteiger partial charge is 0.165 e. The Morgan fingerprint density at radius 1 is 1.09 bits per heavy atom. The second-order valence-corrected chi connectivity index (χ2v) is 5.57. The molecule has 0 saturated heterocycles. The van der Waals surface area contributed by atoms with Crippen LogP contribution < -0.4 is 9.47 Å². The third-order valence-electron chi connectivity index (χ3n) is 4.16. The van der Waals surface area contributed by atoms with Crippen LogP contribution in [0.4, 0.5) is 0 Å². The summed E-state index contributed by atoms with van der Waals surface area (Å²) in [5.74, 6) is 1.92. The molecule has 0 aromatic heterocycles. The minimum Gasteiger partial charge on any atom is -0.508 e. The fourth-order valence-corrected chi connectivity index (χ4v) is 3.05. The molecule has 4 heteroatoms. The van der Waals surface area contributed by atoms with Crippen molar-refractivity contribution in [3.05, 3.63) is 53.1 Å². The number of fused-ring (bicyclic) bond motifs is 1. The van der Waals surface area contributed by atoms with E-state index in [-0.39, 0.29) is 0 Å². The van der Waals surface area contributed by atoms with Gasteiger partial charge in [0.05, 0.1) is 14.2 Å². The number of methoxy groups -OCH3 is 2. The van der Waals surface area contributed by atoms with E-state index in [2.05, 4.69) is 11.0 Å². The molecular formula is C18H21NO3. The van der Waals surface area contributed by atoms with E-state index in [9.17, 15) is 5.11 Å². The Labute approximate surface area is 130 Å². The summed E-state index contributed by atoms with van der Waals surface area (Å²) in [5, 5.41) is 9.57. The van der Waals surface area contributed by atoms with Crippen LogP contribution in [-0.4, -0.2) is 30.8 Å². The Balaban J connectivity index is 1.79. The molecule has 0 amide bonds. The molecule has 0 aliphatic carbocycles. The van der Waals surface area contributed by atoms with E-state index < -0.39 is 0 Å². The van der Waals surface area contributed by atoms with Crippen molar-refractivity contribution in [2.45, 2.75) is 19.5 Å². The first kappa shape index (κ1) is 14.7. The third-order valence-corrected chi connectivity index (χ3v) is 4.16. The van der Waals surface area contributed by atoms with Gasteiger partial charge in [0.25, 0.3) is 0 Å².